The number of hydrogen-bond acceptors (Lipinski definition) is 6. The third-order valence-electron chi connectivity index (χ3n) is 3.08. The third kappa shape index (κ3) is 5.77. The van der Waals surface area contributed by atoms with E-state index in [1.807, 2.05) is 6.26 Å². The van der Waals surface area contributed by atoms with Gasteiger partial charge in [-0.05, 0) is 38.3 Å². The summed E-state index contributed by atoms with van der Waals surface area (Å²) in [5, 5.41) is 5.04. The van der Waals surface area contributed by atoms with Crippen molar-refractivity contribution < 1.29 is 23.9 Å². The van der Waals surface area contributed by atoms with Crippen LogP contribution in [0.1, 0.15) is 24.2 Å². The number of esters is 1. The molecule has 0 saturated heterocycles. The fourth-order valence-corrected chi connectivity index (χ4v) is 2.28. The van der Waals surface area contributed by atoms with Crippen LogP contribution < -0.4 is 15.4 Å². The Balaban J connectivity index is 2.60. The minimum absolute atomic E-state index is 0.236. The summed E-state index contributed by atoms with van der Waals surface area (Å²) < 4.78 is 10.1. The molecule has 0 aromatic heterocycles. The molecule has 0 aliphatic rings. The van der Waals surface area contributed by atoms with Gasteiger partial charge in [0.25, 0.3) is 5.91 Å². The third-order valence-corrected chi connectivity index (χ3v) is 3.81. The van der Waals surface area contributed by atoms with Crippen LogP contribution in [0.4, 0.5) is 0 Å². The second-order valence-electron chi connectivity index (χ2n) is 4.83. The van der Waals surface area contributed by atoms with Gasteiger partial charge in [-0.15, -0.1) is 11.8 Å². The highest BCUT2D eigenvalue weighted by Crippen LogP contribution is 2.25. The molecule has 132 valence electrons. The SMILES string of the molecule is CCNC(=O)[C@@H](C)NC(=O)COC(=O)c1ccc(SC)cc1OC. The van der Waals surface area contributed by atoms with Gasteiger partial charge in [-0.2, -0.15) is 0 Å². The van der Waals surface area contributed by atoms with Crippen LogP contribution in [0.15, 0.2) is 23.1 Å². The molecule has 0 fully saturated rings. The Morgan fingerprint density at radius 2 is 2.00 bits per heavy atom. The Labute approximate surface area is 145 Å². The van der Waals surface area contributed by atoms with Crippen molar-refractivity contribution in [3.8, 4) is 5.75 Å². The molecule has 24 heavy (non-hydrogen) atoms. The molecule has 0 radical (unpaired) electrons. The van der Waals surface area contributed by atoms with Gasteiger partial charge in [0.15, 0.2) is 6.61 Å². The van der Waals surface area contributed by atoms with Crippen LogP contribution in [0.3, 0.4) is 0 Å². The minimum Gasteiger partial charge on any atom is -0.496 e. The number of carbonyl (C=O) groups excluding carboxylic acids is 3. The van der Waals surface area contributed by atoms with E-state index in [1.54, 1.807) is 32.0 Å². The Hall–Kier alpha value is -2.22. The first-order valence-corrected chi connectivity index (χ1v) is 8.61. The summed E-state index contributed by atoms with van der Waals surface area (Å²) in [4.78, 5) is 36.3. The number of carbonyl (C=O) groups is 3. The zero-order valence-corrected chi connectivity index (χ0v) is 15.0. The van der Waals surface area contributed by atoms with Gasteiger partial charge in [0, 0.05) is 11.4 Å². The fourth-order valence-electron chi connectivity index (χ4n) is 1.85. The van der Waals surface area contributed by atoms with E-state index in [-0.39, 0.29) is 11.5 Å². The van der Waals surface area contributed by atoms with Gasteiger partial charge >= 0.3 is 5.97 Å². The van der Waals surface area contributed by atoms with E-state index in [0.717, 1.165) is 4.90 Å². The van der Waals surface area contributed by atoms with Crippen LogP contribution in [-0.4, -0.2) is 50.3 Å². The number of thioether (sulfide) groups is 1. The molecular formula is C16H22N2O5S. The summed E-state index contributed by atoms with van der Waals surface area (Å²) >= 11 is 1.52. The first kappa shape index (κ1) is 19.8. The van der Waals surface area contributed by atoms with Gasteiger partial charge in [0.2, 0.25) is 5.91 Å². The van der Waals surface area contributed by atoms with Crippen molar-refractivity contribution in [2.24, 2.45) is 0 Å². The summed E-state index contributed by atoms with van der Waals surface area (Å²) in [6, 6.07) is 4.37. The van der Waals surface area contributed by atoms with Gasteiger partial charge in [-0.3, -0.25) is 9.59 Å². The molecule has 1 aromatic rings. The molecule has 0 heterocycles. The average molecular weight is 354 g/mol. The maximum Gasteiger partial charge on any atom is 0.342 e. The van der Waals surface area contributed by atoms with Crippen molar-refractivity contribution in [1.29, 1.82) is 0 Å². The normalized spacial score (nSPS) is 11.3. The van der Waals surface area contributed by atoms with E-state index in [0.29, 0.717) is 12.3 Å². The fraction of sp³-hybridized carbons (Fsp3) is 0.438. The first-order valence-electron chi connectivity index (χ1n) is 7.39. The average Bonchev–Trinajstić information content (AvgIpc) is 2.59. The summed E-state index contributed by atoms with van der Waals surface area (Å²) in [5.74, 6) is -1.14. The van der Waals surface area contributed by atoms with Crippen molar-refractivity contribution >= 4 is 29.5 Å². The molecule has 1 rings (SSSR count). The van der Waals surface area contributed by atoms with Crippen molar-refractivity contribution in [3.05, 3.63) is 23.8 Å². The maximum absolute atomic E-state index is 12.1. The second-order valence-corrected chi connectivity index (χ2v) is 5.71. The molecule has 1 atom stereocenters. The van der Waals surface area contributed by atoms with Crippen molar-refractivity contribution in [2.75, 3.05) is 26.5 Å². The number of ether oxygens (including phenoxy) is 2. The largest absolute Gasteiger partial charge is 0.496 e. The van der Waals surface area contributed by atoms with E-state index in [2.05, 4.69) is 10.6 Å². The summed E-state index contributed by atoms with van der Waals surface area (Å²) in [6.07, 6.45) is 1.91. The van der Waals surface area contributed by atoms with Gasteiger partial charge < -0.3 is 20.1 Å². The lowest BCUT2D eigenvalue weighted by Crippen LogP contribution is -2.46. The second kappa shape index (κ2) is 9.82. The highest BCUT2D eigenvalue weighted by molar-refractivity contribution is 7.98. The number of hydrogen-bond donors (Lipinski definition) is 2. The number of rotatable bonds is 8. The van der Waals surface area contributed by atoms with Gasteiger partial charge in [-0.25, -0.2) is 4.79 Å². The summed E-state index contributed by atoms with van der Waals surface area (Å²) in [5.41, 5.74) is 0.236. The van der Waals surface area contributed by atoms with Gasteiger partial charge in [0.1, 0.15) is 17.4 Å². The molecular weight excluding hydrogens is 332 g/mol. The number of benzene rings is 1. The van der Waals surface area contributed by atoms with Crippen molar-refractivity contribution in [1.82, 2.24) is 10.6 Å². The quantitative estimate of drug-likeness (QED) is 0.538. The van der Waals surface area contributed by atoms with Crippen LogP contribution in [0.25, 0.3) is 0 Å². The van der Waals surface area contributed by atoms with Gasteiger partial charge in [-0.1, -0.05) is 0 Å². The molecule has 7 nitrogen and oxygen atoms in total. The number of likely N-dealkylation sites (N-methyl/N-ethyl adjacent to an activating group) is 1. The molecule has 0 saturated carbocycles. The highest BCUT2D eigenvalue weighted by Gasteiger charge is 2.18. The van der Waals surface area contributed by atoms with Gasteiger partial charge in [0.05, 0.1) is 7.11 Å². The van der Waals surface area contributed by atoms with E-state index < -0.39 is 24.5 Å². The Kier molecular flexibility index (Phi) is 8.11. The number of methoxy groups -OCH3 is 1. The topological polar surface area (TPSA) is 93.7 Å². The molecule has 0 spiro atoms. The Morgan fingerprint density at radius 1 is 1.29 bits per heavy atom. The van der Waals surface area contributed by atoms with Crippen LogP contribution in [0.2, 0.25) is 0 Å². The lowest BCUT2D eigenvalue weighted by Gasteiger charge is -2.14. The lowest BCUT2D eigenvalue weighted by molar-refractivity contribution is -0.130. The molecule has 0 aliphatic carbocycles. The maximum atomic E-state index is 12.1. The summed E-state index contributed by atoms with van der Waals surface area (Å²) in [6.45, 7) is 3.33. The van der Waals surface area contributed by atoms with Crippen molar-refractivity contribution in [3.63, 3.8) is 0 Å². The van der Waals surface area contributed by atoms with E-state index >= 15 is 0 Å². The Bertz CT molecular complexity index is 606. The van der Waals surface area contributed by atoms with E-state index in [9.17, 15) is 14.4 Å². The predicted octanol–water partition coefficient (Wildman–Crippen LogP) is 1.21. The lowest BCUT2D eigenvalue weighted by atomic mass is 10.2. The van der Waals surface area contributed by atoms with E-state index in [1.165, 1.54) is 18.9 Å². The van der Waals surface area contributed by atoms with Crippen molar-refractivity contribution in [2.45, 2.75) is 24.8 Å². The molecule has 0 bridgehead atoms. The highest BCUT2D eigenvalue weighted by atomic mass is 32.2. The Morgan fingerprint density at radius 3 is 2.58 bits per heavy atom. The number of amides is 2. The van der Waals surface area contributed by atoms with Crippen LogP contribution >= 0.6 is 11.8 Å². The molecule has 0 unspecified atom stereocenters. The van der Waals surface area contributed by atoms with Crippen LogP contribution in [-0.2, 0) is 14.3 Å². The molecule has 2 N–H and O–H groups in total. The first-order chi connectivity index (χ1) is 11.4. The zero-order valence-electron chi connectivity index (χ0n) is 14.2. The molecule has 8 heteroatoms. The molecule has 2 amide bonds. The smallest absolute Gasteiger partial charge is 0.342 e. The molecule has 0 aliphatic heterocycles. The predicted molar refractivity (Wildman–Crippen MR) is 91.3 cm³/mol. The molecule has 1 aromatic carbocycles. The number of nitrogens with one attached hydrogen (secondary N) is 2. The van der Waals surface area contributed by atoms with E-state index in [4.69, 9.17) is 9.47 Å². The minimum atomic E-state index is -0.702. The van der Waals surface area contributed by atoms with Crippen LogP contribution in [0.5, 0.6) is 5.75 Å². The monoisotopic (exact) mass is 354 g/mol. The van der Waals surface area contributed by atoms with Crippen LogP contribution in [0, 0.1) is 0 Å². The standard InChI is InChI=1S/C16H22N2O5S/c1-5-17-15(20)10(2)18-14(19)9-23-16(21)12-7-6-11(24-4)8-13(12)22-3/h6-8,10H,5,9H2,1-4H3,(H,17,20)(H,18,19)/t10-/m1/s1. The zero-order chi connectivity index (χ0) is 18.1. The summed E-state index contributed by atoms with van der Waals surface area (Å²) in [7, 11) is 1.46.